The molecule has 0 unspecified atom stereocenters. The highest BCUT2D eigenvalue weighted by atomic mass is 16.5. The third kappa shape index (κ3) is 6.12. The molecule has 0 aromatic heterocycles. The molecule has 0 saturated heterocycles. The third-order valence-electron chi connectivity index (χ3n) is 3.53. The van der Waals surface area contributed by atoms with Crippen molar-refractivity contribution in [1.82, 2.24) is 5.32 Å². The fraction of sp³-hybridized carbons (Fsp3) is 0.316. The van der Waals surface area contributed by atoms with Crippen LogP contribution >= 0.6 is 0 Å². The van der Waals surface area contributed by atoms with Gasteiger partial charge in [-0.05, 0) is 30.2 Å². The minimum absolute atomic E-state index is 0.0559. The topological polar surface area (TPSA) is 47.6 Å². The zero-order valence-electron chi connectivity index (χ0n) is 13.6. The highest BCUT2D eigenvalue weighted by Gasteiger charge is 2.10. The van der Waals surface area contributed by atoms with Gasteiger partial charge < -0.3 is 14.8 Å². The Morgan fingerprint density at radius 2 is 1.74 bits per heavy atom. The predicted octanol–water partition coefficient (Wildman–Crippen LogP) is 3.31. The highest BCUT2D eigenvalue weighted by Crippen LogP contribution is 2.11. The van der Waals surface area contributed by atoms with Crippen LogP contribution in [0, 0.1) is 0 Å². The van der Waals surface area contributed by atoms with Crippen LogP contribution in [0.15, 0.2) is 54.6 Å². The van der Waals surface area contributed by atoms with E-state index in [0.717, 1.165) is 16.9 Å². The van der Waals surface area contributed by atoms with Gasteiger partial charge in [-0.1, -0.05) is 42.5 Å². The number of nitrogens with one attached hydrogen (secondary N) is 1. The lowest BCUT2D eigenvalue weighted by molar-refractivity contribution is -0.145. The molecule has 0 radical (unpaired) electrons. The van der Waals surface area contributed by atoms with E-state index in [1.807, 2.05) is 61.5 Å². The molecule has 4 heteroatoms. The first-order valence-electron chi connectivity index (χ1n) is 7.73. The van der Waals surface area contributed by atoms with Gasteiger partial charge in [-0.2, -0.15) is 0 Å². The third-order valence-corrected chi connectivity index (χ3v) is 3.53. The van der Waals surface area contributed by atoms with Crippen molar-refractivity contribution in [3.8, 4) is 5.75 Å². The first-order chi connectivity index (χ1) is 11.2. The van der Waals surface area contributed by atoms with Gasteiger partial charge in [0.15, 0.2) is 0 Å². The van der Waals surface area contributed by atoms with Crippen LogP contribution in [0.3, 0.4) is 0 Å². The summed E-state index contributed by atoms with van der Waals surface area (Å²) in [7, 11) is 1.65. The number of esters is 1. The minimum atomic E-state index is -0.191. The summed E-state index contributed by atoms with van der Waals surface area (Å²) in [6, 6.07) is 17.6. The van der Waals surface area contributed by atoms with Gasteiger partial charge in [-0.3, -0.25) is 4.79 Å². The molecule has 0 fully saturated rings. The number of carbonyl (C=O) groups excluding carboxylic acids is 1. The maximum atomic E-state index is 11.8. The van der Waals surface area contributed by atoms with Gasteiger partial charge >= 0.3 is 5.97 Å². The van der Waals surface area contributed by atoms with Crippen LogP contribution in [0.1, 0.15) is 24.5 Å². The largest absolute Gasteiger partial charge is 0.497 e. The lowest BCUT2D eigenvalue weighted by Gasteiger charge is -2.13. The van der Waals surface area contributed by atoms with Crippen LogP contribution in [0.5, 0.6) is 5.75 Å². The van der Waals surface area contributed by atoms with E-state index < -0.39 is 0 Å². The van der Waals surface area contributed by atoms with Crippen molar-refractivity contribution in [1.29, 1.82) is 0 Å². The second-order valence-electron chi connectivity index (χ2n) is 5.48. The number of benzene rings is 2. The summed E-state index contributed by atoms with van der Waals surface area (Å²) in [5.74, 6) is 0.648. The molecule has 1 N–H and O–H groups in total. The zero-order valence-corrected chi connectivity index (χ0v) is 13.6. The molecular formula is C19H23NO3. The summed E-state index contributed by atoms with van der Waals surface area (Å²) in [6.45, 7) is 3.01. The molecule has 4 nitrogen and oxygen atoms in total. The van der Waals surface area contributed by atoms with E-state index >= 15 is 0 Å². The summed E-state index contributed by atoms with van der Waals surface area (Å²) in [6.07, 6.45) is 0.350. The van der Waals surface area contributed by atoms with E-state index in [1.165, 1.54) is 0 Å². The second-order valence-corrected chi connectivity index (χ2v) is 5.48. The van der Waals surface area contributed by atoms with Gasteiger partial charge in [0, 0.05) is 12.6 Å². The van der Waals surface area contributed by atoms with Crippen molar-refractivity contribution in [2.75, 3.05) is 7.11 Å². The first kappa shape index (κ1) is 17.0. The molecule has 0 amide bonds. The number of hydrogen-bond donors (Lipinski definition) is 1. The Labute approximate surface area is 137 Å². The molecule has 0 spiro atoms. The van der Waals surface area contributed by atoms with Gasteiger partial charge in [0.2, 0.25) is 0 Å². The maximum absolute atomic E-state index is 11.8. The molecule has 2 rings (SSSR count). The number of rotatable bonds is 8. The quantitative estimate of drug-likeness (QED) is 0.760. The average molecular weight is 313 g/mol. The Morgan fingerprint density at radius 3 is 2.39 bits per heavy atom. The first-order valence-corrected chi connectivity index (χ1v) is 7.73. The zero-order chi connectivity index (χ0) is 16.5. The van der Waals surface area contributed by atoms with Gasteiger partial charge in [0.1, 0.15) is 12.4 Å². The van der Waals surface area contributed by atoms with E-state index in [-0.39, 0.29) is 12.0 Å². The molecule has 0 bridgehead atoms. The number of hydrogen-bond acceptors (Lipinski definition) is 4. The smallest absolute Gasteiger partial charge is 0.307 e. The predicted molar refractivity (Wildman–Crippen MR) is 90.2 cm³/mol. The molecule has 0 aliphatic heterocycles. The number of ether oxygens (including phenoxy) is 2. The lowest BCUT2D eigenvalue weighted by Crippen LogP contribution is -2.28. The van der Waals surface area contributed by atoms with Gasteiger partial charge in [0.25, 0.3) is 0 Å². The molecular weight excluding hydrogens is 290 g/mol. The van der Waals surface area contributed by atoms with Gasteiger partial charge in [0.05, 0.1) is 13.5 Å². The fourth-order valence-electron chi connectivity index (χ4n) is 2.15. The van der Waals surface area contributed by atoms with E-state index in [0.29, 0.717) is 19.6 Å². The van der Waals surface area contributed by atoms with E-state index in [1.54, 1.807) is 7.11 Å². The summed E-state index contributed by atoms with van der Waals surface area (Å²) in [4.78, 5) is 11.8. The van der Waals surface area contributed by atoms with Crippen molar-refractivity contribution < 1.29 is 14.3 Å². The van der Waals surface area contributed by atoms with E-state index in [2.05, 4.69) is 5.32 Å². The Bertz CT molecular complexity index is 596. The molecule has 1 atom stereocenters. The molecule has 23 heavy (non-hydrogen) atoms. The highest BCUT2D eigenvalue weighted by molar-refractivity contribution is 5.70. The number of methoxy groups -OCH3 is 1. The fourth-order valence-corrected chi connectivity index (χ4v) is 2.15. The van der Waals surface area contributed by atoms with Crippen molar-refractivity contribution in [3.05, 3.63) is 65.7 Å². The Kier molecular flexibility index (Phi) is 6.63. The normalized spacial score (nSPS) is 11.7. The Hall–Kier alpha value is -2.33. The average Bonchev–Trinajstić information content (AvgIpc) is 2.59. The van der Waals surface area contributed by atoms with Crippen molar-refractivity contribution in [2.45, 2.75) is 32.5 Å². The van der Waals surface area contributed by atoms with Gasteiger partial charge in [-0.25, -0.2) is 0 Å². The van der Waals surface area contributed by atoms with E-state index in [9.17, 15) is 4.79 Å². The van der Waals surface area contributed by atoms with Crippen LogP contribution < -0.4 is 10.1 Å². The molecule has 2 aromatic rings. The molecule has 0 aliphatic carbocycles. The Morgan fingerprint density at radius 1 is 1.04 bits per heavy atom. The molecule has 122 valence electrons. The second kappa shape index (κ2) is 8.96. The molecule has 0 aliphatic rings. The van der Waals surface area contributed by atoms with Crippen LogP contribution in [0.2, 0.25) is 0 Å². The SMILES string of the molecule is COc1ccc(CN[C@H](C)CC(=O)OCc2ccccc2)cc1. The minimum Gasteiger partial charge on any atom is -0.497 e. The molecule has 0 heterocycles. The standard InChI is InChI=1S/C19H23NO3/c1-15(20-13-16-8-10-18(22-2)11-9-16)12-19(21)23-14-17-6-4-3-5-7-17/h3-11,15,20H,12-14H2,1-2H3/t15-/m1/s1. The van der Waals surface area contributed by atoms with E-state index in [4.69, 9.17) is 9.47 Å². The Balaban J connectivity index is 1.69. The van der Waals surface area contributed by atoms with Crippen molar-refractivity contribution in [3.63, 3.8) is 0 Å². The van der Waals surface area contributed by atoms with Crippen molar-refractivity contribution >= 4 is 5.97 Å². The van der Waals surface area contributed by atoms with Crippen LogP contribution in [-0.4, -0.2) is 19.1 Å². The molecule has 0 saturated carbocycles. The van der Waals surface area contributed by atoms with Crippen molar-refractivity contribution in [2.24, 2.45) is 0 Å². The maximum Gasteiger partial charge on any atom is 0.307 e. The summed E-state index contributed by atoms with van der Waals surface area (Å²) in [5, 5.41) is 3.32. The summed E-state index contributed by atoms with van der Waals surface area (Å²) >= 11 is 0. The summed E-state index contributed by atoms with van der Waals surface area (Å²) in [5.41, 5.74) is 2.15. The monoisotopic (exact) mass is 313 g/mol. The molecule has 2 aromatic carbocycles. The van der Waals surface area contributed by atoms with Crippen LogP contribution in [0.4, 0.5) is 0 Å². The van der Waals surface area contributed by atoms with Crippen LogP contribution in [0.25, 0.3) is 0 Å². The number of carbonyl (C=O) groups is 1. The summed E-state index contributed by atoms with van der Waals surface area (Å²) < 4.78 is 10.4. The lowest BCUT2D eigenvalue weighted by atomic mass is 10.2. The van der Waals surface area contributed by atoms with Crippen LogP contribution in [-0.2, 0) is 22.7 Å². The van der Waals surface area contributed by atoms with Gasteiger partial charge in [-0.15, -0.1) is 0 Å².